The number of hydrogen-bond acceptors (Lipinski definition) is 16. The molecule has 0 spiro atoms. The van der Waals surface area contributed by atoms with Crippen molar-refractivity contribution in [3.8, 4) is 51.7 Å². The van der Waals surface area contributed by atoms with Gasteiger partial charge in [-0.2, -0.15) is 0 Å². The Hall–Kier alpha value is -4.87. The van der Waals surface area contributed by atoms with E-state index in [9.17, 15) is 66.1 Å². The molecule has 3 aromatic rings. The van der Waals surface area contributed by atoms with E-state index in [1.165, 1.54) is 0 Å². The summed E-state index contributed by atoms with van der Waals surface area (Å²) in [6.07, 6.45) is -11.9. The normalized spacial score (nSPS) is 26.4. The highest BCUT2D eigenvalue weighted by atomic mass is 16.6. The Balaban J connectivity index is 1.62. The van der Waals surface area contributed by atoms with Crippen LogP contribution in [0.5, 0.6) is 51.7 Å². The van der Waals surface area contributed by atoms with Crippen LogP contribution in [0.25, 0.3) is 0 Å². The summed E-state index contributed by atoms with van der Waals surface area (Å²) in [5, 5.41) is 122. The summed E-state index contributed by atoms with van der Waals surface area (Å²) in [5.74, 6) is -7.88. The second-order valence-corrected chi connectivity index (χ2v) is 10.3. The third-order valence-electron chi connectivity index (χ3n) is 7.53. The average molecular weight is 621 g/mol. The molecule has 1 saturated heterocycles. The number of rotatable bonds is 5. The van der Waals surface area contributed by atoms with Gasteiger partial charge < -0.3 is 75.5 Å². The number of aliphatic hydroxyl groups is 4. The van der Waals surface area contributed by atoms with Crippen molar-refractivity contribution < 1.29 is 80.3 Å². The number of aromatic hydroxyl groups is 8. The van der Waals surface area contributed by atoms with E-state index in [-0.39, 0.29) is 22.4 Å². The number of phenols is 8. The highest BCUT2D eigenvalue weighted by molar-refractivity contribution is 5.91. The van der Waals surface area contributed by atoms with Gasteiger partial charge in [0.2, 0.25) is 0 Å². The van der Waals surface area contributed by atoms with Gasteiger partial charge in [0, 0.05) is 23.6 Å². The lowest BCUT2D eigenvalue weighted by Crippen LogP contribution is -2.55. The number of esters is 1. The summed E-state index contributed by atoms with van der Waals surface area (Å²) >= 11 is 0. The Labute approximate surface area is 246 Å². The Morgan fingerprint density at radius 1 is 0.727 bits per heavy atom. The number of carbonyl (C=O) groups excluding carboxylic acids is 1. The van der Waals surface area contributed by atoms with Crippen molar-refractivity contribution in [2.45, 2.75) is 49.1 Å². The Morgan fingerprint density at radius 3 is 1.86 bits per heavy atom. The van der Waals surface area contributed by atoms with Gasteiger partial charge in [-0.1, -0.05) is 0 Å². The third kappa shape index (κ3) is 5.14. The fraction of sp³-hybridized carbons (Fsp3) is 0.321. The summed E-state index contributed by atoms with van der Waals surface area (Å²) in [7, 11) is 0. The fourth-order valence-electron chi connectivity index (χ4n) is 5.25. The first-order valence-electron chi connectivity index (χ1n) is 13.0. The number of fused-ring (bicyclic) bond motifs is 1. The number of carbonyl (C=O) groups is 1. The van der Waals surface area contributed by atoms with Crippen LogP contribution in [0.3, 0.4) is 0 Å². The van der Waals surface area contributed by atoms with Crippen LogP contribution < -0.4 is 4.74 Å². The molecule has 0 unspecified atom stereocenters. The van der Waals surface area contributed by atoms with Crippen molar-refractivity contribution in [3.63, 3.8) is 0 Å². The van der Waals surface area contributed by atoms with Gasteiger partial charge in [0.05, 0.1) is 17.7 Å². The number of aliphatic hydroxyl groups excluding tert-OH is 4. The van der Waals surface area contributed by atoms with Gasteiger partial charge in [0.25, 0.3) is 0 Å². The second-order valence-electron chi connectivity index (χ2n) is 10.3. The maximum absolute atomic E-state index is 13.1. The molecule has 3 aromatic carbocycles. The van der Waals surface area contributed by atoms with E-state index >= 15 is 0 Å². The van der Waals surface area contributed by atoms with E-state index in [1.54, 1.807) is 0 Å². The molecule has 7 atom stereocenters. The molecule has 16 nitrogen and oxygen atoms in total. The van der Waals surface area contributed by atoms with Crippen molar-refractivity contribution in [3.05, 3.63) is 52.6 Å². The molecule has 0 aromatic heterocycles. The number of phenolic OH excluding ortho intramolecular Hbond substituents is 8. The van der Waals surface area contributed by atoms with Crippen molar-refractivity contribution in [1.82, 2.24) is 0 Å². The topological polar surface area (TPSA) is 288 Å². The van der Waals surface area contributed by atoms with E-state index in [4.69, 9.17) is 14.2 Å². The molecule has 0 aliphatic carbocycles. The SMILES string of the molecule is O=C(O[C@@H]1Cc2c(O)cc(O)c([C@@H]3O[C@H](CO)[C@@H](O)[C@H](O)[C@H]3O)c2O[C@@H]1c1cc(O)c(O)c(O)c1)c1cc(O)c(O)c(O)c1. The third-order valence-corrected chi connectivity index (χ3v) is 7.53. The Bertz CT molecular complexity index is 1560. The minimum atomic E-state index is -1.89. The van der Waals surface area contributed by atoms with Gasteiger partial charge in [-0.25, -0.2) is 4.79 Å². The standard InChI is InChI=1S/C28H28O16/c29-7-18-22(38)23(39)24(40)27(42-18)19-12(31)6-11(30)10-5-17(43-28(41)9-3-15(34)21(37)16(35)4-9)25(44-26(10)19)8-1-13(32)20(36)14(33)2-8/h1-4,6,17-18,22-25,27,29-40H,5,7H2/t17-,18-,22-,23+,24-,25-,27+/m1/s1. The van der Waals surface area contributed by atoms with Gasteiger partial charge in [0.1, 0.15) is 53.9 Å². The molecule has 0 radical (unpaired) electrons. The quantitative estimate of drug-likeness (QED) is 0.129. The first-order chi connectivity index (χ1) is 20.7. The first-order valence-corrected chi connectivity index (χ1v) is 13.0. The lowest BCUT2D eigenvalue weighted by atomic mass is 9.86. The predicted molar refractivity (Wildman–Crippen MR) is 142 cm³/mol. The van der Waals surface area contributed by atoms with Gasteiger partial charge in [-0.05, 0) is 24.3 Å². The van der Waals surface area contributed by atoms with E-state index < -0.39 is 113 Å². The Kier molecular flexibility index (Phi) is 7.87. The number of hydrogen-bond donors (Lipinski definition) is 12. The maximum atomic E-state index is 13.1. The molecule has 44 heavy (non-hydrogen) atoms. The van der Waals surface area contributed by atoms with Crippen LogP contribution in [0, 0.1) is 0 Å². The minimum absolute atomic E-state index is 0.111. The Morgan fingerprint density at radius 2 is 1.30 bits per heavy atom. The molecule has 0 saturated carbocycles. The zero-order chi connectivity index (χ0) is 32.2. The van der Waals surface area contributed by atoms with E-state index in [1.807, 2.05) is 0 Å². The minimum Gasteiger partial charge on any atom is -0.507 e. The number of ether oxygens (including phenoxy) is 3. The molecule has 2 aliphatic heterocycles. The molecular weight excluding hydrogens is 592 g/mol. The summed E-state index contributed by atoms with van der Waals surface area (Å²) in [6.45, 7) is -0.793. The van der Waals surface area contributed by atoms with Gasteiger partial charge in [-0.3, -0.25) is 0 Å². The summed E-state index contributed by atoms with van der Waals surface area (Å²) in [5.41, 5.74) is -0.992. The highest BCUT2D eigenvalue weighted by Crippen LogP contribution is 2.52. The molecule has 16 heteroatoms. The summed E-state index contributed by atoms with van der Waals surface area (Å²) in [6, 6.07) is 4.37. The number of benzene rings is 3. The van der Waals surface area contributed by atoms with E-state index in [0.29, 0.717) is 0 Å². The molecule has 5 rings (SSSR count). The molecule has 2 aliphatic rings. The zero-order valence-electron chi connectivity index (χ0n) is 22.3. The molecular formula is C28H28O16. The van der Waals surface area contributed by atoms with Crippen LogP contribution in [0.2, 0.25) is 0 Å². The molecule has 12 N–H and O–H groups in total. The van der Waals surface area contributed by atoms with Crippen LogP contribution >= 0.6 is 0 Å². The molecule has 0 amide bonds. The average Bonchev–Trinajstić information content (AvgIpc) is 2.97. The first kappa shape index (κ1) is 30.6. The molecule has 0 bridgehead atoms. The zero-order valence-corrected chi connectivity index (χ0v) is 22.3. The fourth-order valence-corrected chi connectivity index (χ4v) is 5.25. The monoisotopic (exact) mass is 620 g/mol. The van der Waals surface area contributed by atoms with Crippen molar-refractivity contribution in [1.29, 1.82) is 0 Å². The summed E-state index contributed by atoms with van der Waals surface area (Å²) in [4.78, 5) is 13.1. The second kappa shape index (κ2) is 11.3. The molecule has 1 fully saturated rings. The van der Waals surface area contributed by atoms with Crippen LogP contribution in [-0.2, 0) is 15.9 Å². The lowest BCUT2D eigenvalue weighted by molar-refractivity contribution is -0.232. The largest absolute Gasteiger partial charge is 0.507 e. The van der Waals surface area contributed by atoms with Crippen LogP contribution in [0.4, 0.5) is 0 Å². The predicted octanol–water partition coefficient (Wildman–Crippen LogP) is -0.252. The molecule has 236 valence electrons. The van der Waals surface area contributed by atoms with Crippen LogP contribution in [0.1, 0.15) is 39.3 Å². The lowest BCUT2D eigenvalue weighted by Gasteiger charge is -2.42. The van der Waals surface area contributed by atoms with Crippen molar-refractivity contribution in [2.75, 3.05) is 6.61 Å². The highest BCUT2D eigenvalue weighted by Gasteiger charge is 2.48. The maximum Gasteiger partial charge on any atom is 0.338 e. The summed E-state index contributed by atoms with van der Waals surface area (Å²) < 4.78 is 17.2. The smallest absolute Gasteiger partial charge is 0.338 e. The van der Waals surface area contributed by atoms with Gasteiger partial charge in [-0.15, -0.1) is 0 Å². The van der Waals surface area contributed by atoms with Gasteiger partial charge >= 0.3 is 5.97 Å². The van der Waals surface area contributed by atoms with Gasteiger partial charge in [0.15, 0.2) is 40.6 Å². The van der Waals surface area contributed by atoms with E-state index in [2.05, 4.69) is 0 Å². The van der Waals surface area contributed by atoms with Crippen LogP contribution in [-0.4, -0.2) is 104 Å². The van der Waals surface area contributed by atoms with Crippen molar-refractivity contribution in [2.24, 2.45) is 0 Å². The van der Waals surface area contributed by atoms with Crippen molar-refractivity contribution >= 4 is 5.97 Å². The van der Waals surface area contributed by atoms with E-state index in [0.717, 1.165) is 30.3 Å². The molecule has 2 heterocycles. The van der Waals surface area contributed by atoms with Crippen LogP contribution in [0.15, 0.2) is 30.3 Å².